The summed E-state index contributed by atoms with van der Waals surface area (Å²) in [5.41, 5.74) is 0.308. The van der Waals surface area contributed by atoms with Crippen LogP contribution in [0.3, 0.4) is 0 Å². The van der Waals surface area contributed by atoms with Gasteiger partial charge in [0.05, 0.1) is 6.04 Å². The Morgan fingerprint density at radius 2 is 1.68 bits per heavy atom. The van der Waals surface area contributed by atoms with Crippen LogP contribution >= 0.6 is 0 Å². The van der Waals surface area contributed by atoms with Gasteiger partial charge in [-0.1, -0.05) is 57.5 Å². The van der Waals surface area contributed by atoms with Crippen LogP contribution in [0, 0.1) is 23.7 Å². The number of carbonyl (C=O) groups is 3. The molecule has 1 fully saturated rings. The minimum Gasteiger partial charge on any atom is -0.444 e. The topological polar surface area (TPSA) is 84.5 Å². The first-order valence-corrected chi connectivity index (χ1v) is 12.7. The highest BCUT2D eigenvalue weighted by Crippen LogP contribution is 2.39. The molecule has 190 valence electrons. The van der Waals surface area contributed by atoms with E-state index in [9.17, 15) is 14.4 Å². The fourth-order valence-electron chi connectivity index (χ4n) is 4.90. The van der Waals surface area contributed by atoms with E-state index in [1.165, 1.54) is 6.42 Å². The highest BCUT2D eigenvalue weighted by Gasteiger charge is 2.35. The van der Waals surface area contributed by atoms with Crippen LogP contribution in [0.1, 0.15) is 92.2 Å². The van der Waals surface area contributed by atoms with Gasteiger partial charge < -0.3 is 15.4 Å². The molecule has 6 heteroatoms. The number of rotatable bonds is 9. The van der Waals surface area contributed by atoms with Crippen molar-refractivity contribution in [2.45, 2.75) is 98.3 Å². The second-order valence-electron chi connectivity index (χ2n) is 11.3. The van der Waals surface area contributed by atoms with Crippen molar-refractivity contribution < 1.29 is 19.1 Å². The first-order valence-electron chi connectivity index (χ1n) is 12.7. The Morgan fingerprint density at radius 3 is 2.26 bits per heavy atom. The average molecular weight is 473 g/mol. The minimum absolute atomic E-state index is 0.101. The van der Waals surface area contributed by atoms with Crippen LogP contribution in [0.5, 0.6) is 0 Å². The zero-order valence-corrected chi connectivity index (χ0v) is 22.0. The Balaban J connectivity index is 2.05. The van der Waals surface area contributed by atoms with Crippen molar-refractivity contribution in [2.75, 3.05) is 0 Å². The van der Waals surface area contributed by atoms with Gasteiger partial charge in [0.15, 0.2) is 0 Å². The van der Waals surface area contributed by atoms with Gasteiger partial charge in [-0.25, -0.2) is 4.79 Å². The quantitative estimate of drug-likeness (QED) is 0.475. The van der Waals surface area contributed by atoms with Crippen LogP contribution in [-0.2, 0) is 14.3 Å². The Labute approximate surface area is 205 Å². The van der Waals surface area contributed by atoms with Crippen molar-refractivity contribution in [1.29, 1.82) is 0 Å². The van der Waals surface area contributed by atoms with E-state index in [2.05, 4.69) is 31.4 Å². The number of benzene rings is 1. The zero-order chi connectivity index (χ0) is 25.5. The Morgan fingerprint density at radius 1 is 1.03 bits per heavy atom. The molecule has 1 aromatic rings. The molecule has 2 rings (SSSR count). The Bertz CT molecular complexity index is 815. The van der Waals surface area contributed by atoms with Crippen LogP contribution in [0.2, 0.25) is 0 Å². The summed E-state index contributed by atoms with van der Waals surface area (Å²) in [5, 5.41) is 5.63. The van der Waals surface area contributed by atoms with Crippen LogP contribution in [0.4, 0.5) is 4.79 Å². The molecule has 1 aliphatic rings. The van der Waals surface area contributed by atoms with E-state index in [4.69, 9.17) is 4.74 Å². The number of Topliss-reactive ketones (excluding diaryl/α,β-unsaturated/α-hetero) is 1. The van der Waals surface area contributed by atoms with Gasteiger partial charge in [-0.3, -0.25) is 9.59 Å². The predicted octanol–water partition coefficient (Wildman–Crippen LogP) is 5.81. The monoisotopic (exact) mass is 472 g/mol. The smallest absolute Gasteiger partial charge is 0.408 e. The normalized spacial score (nSPS) is 22.5. The summed E-state index contributed by atoms with van der Waals surface area (Å²) in [7, 11) is 0. The van der Waals surface area contributed by atoms with E-state index >= 15 is 0 Å². The molecule has 0 radical (unpaired) electrons. The molecule has 0 saturated heterocycles. The van der Waals surface area contributed by atoms with Crippen molar-refractivity contribution >= 4 is 17.8 Å². The molecule has 6 nitrogen and oxygen atoms in total. The van der Waals surface area contributed by atoms with Crippen LogP contribution in [0.15, 0.2) is 30.3 Å². The van der Waals surface area contributed by atoms with Crippen molar-refractivity contribution in [3.63, 3.8) is 0 Å². The van der Waals surface area contributed by atoms with E-state index in [-0.39, 0.29) is 17.9 Å². The molecule has 2 amide bonds. The van der Waals surface area contributed by atoms with Gasteiger partial charge in [0, 0.05) is 12.3 Å². The van der Waals surface area contributed by atoms with E-state index in [1.807, 2.05) is 30.3 Å². The summed E-state index contributed by atoms with van der Waals surface area (Å²) in [6.07, 6.45) is 3.59. The summed E-state index contributed by atoms with van der Waals surface area (Å²) in [6, 6.07) is 8.63. The molecule has 0 aliphatic heterocycles. The van der Waals surface area contributed by atoms with Crippen LogP contribution < -0.4 is 10.6 Å². The lowest BCUT2D eigenvalue weighted by molar-refractivity contribution is -0.128. The number of amides is 2. The lowest BCUT2D eigenvalue weighted by Gasteiger charge is -2.36. The Hall–Kier alpha value is -2.37. The third-order valence-electron chi connectivity index (χ3n) is 6.76. The maximum atomic E-state index is 13.3. The second-order valence-corrected chi connectivity index (χ2v) is 11.3. The van der Waals surface area contributed by atoms with Gasteiger partial charge >= 0.3 is 6.09 Å². The molecular weight excluding hydrogens is 428 g/mol. The van der Waals surface area contributed by atoms with Gasteiger partial charge in [0.25, 0.3) is 0 Å². The summed E-state index contributed by atoms with van der Waals surface area (Å²) in [6.45, 7) is 13.6. The highest BCUT2D eigenvalue weighted by molar-refractivity contribution is 5.86. The lowest BCUT2D eigenvalue weighted by Crippen LogP contribution is -2.47. The average Bonchev–Trinajstić information content (AvgIpc) is 2.75. The first kappa shape index (κ1) is 27.9. The molecule has 34 heavy (non-hydrogen) atoms. The van der Waals surface area contributed by atoms with E-state index in [1.54, 1.807) is 27.7 Å². The molecule has 0 unspecified atom stereocenters. The van der Waals surface area contributed by atoms with Gasteiger partial charge in [-0.15, -0.1) is 0 Å². The maximum Gasteiger partial charge on any atom is 0.408 e. The van der Waals surface area contributed by atoms with Gasteiger partial charge in [-0.05, 0) is 70.3 Å². The number of ether oxygens (including phenoxy) is 1. The van der Waals surface area contributed by atoms with Crippen molar-refractivity contribution in [2.24, 2.45) is 23.7 Å². The van der Waals surface area contributed by atoms with Gasteiger partial charge in [-0.2, -0.15) is 0 Å². The number of nitrogens with one attached hydrogen (secondary N) is 2. The van der Waals surface area contributed by atoms with Gasteiger partial charge in [0.1, 0.15) is 17.4 Å². The number of ketones is 1. The zero-order valence-electron chi connectivity index (χ0n) is 22.0. The summed E-state index contributed by atoms with van der Waals surface area (Å²) in [5.74, 6) is 1.60. The summed E-state index contributed by atoms with van der Waals surface area (Å²) < 4.78 is 5.26. The minimum atomic E-state index is -0.763. The summed E-state index contributed by atoms with van der Waals surface area (Å²) in [4.78, 5) is 38.3. The molecule has 1 saturated carbocycles. The third-order valence-corrected chi connectivity index (χ3v) is 6.76. The molecule has 0 spiro atoms. The van der Waals surface area contributed by atoms with E-state index in [0.717, 1.165) is 18.4 Å². The second kappa shape index (κ2) is 12.4. The highest BCUT2D eigenvalue weighted by atomic mass is 16.6. The van der Waals surface area contributed by atoms with Crippen molar-refractivity contribution in [3.05, 3.63) is 35.9 Å². The van der Waals surface area contributed by atoms with Crippen molar-refractivity contribution in [1.82, 2.24) is 10.6 Å². The lowest BCUT2D eigenvalue weighted by atomic mass is 9.68. The number of hydrogen-bond donors (Lipinski definition) is 2. The molecule has 1 aliphatic carbocycles. The molecule has 0 aromatic heterocycles. The fraction of sp³-hybridized carbons (Fsp3) is 0.679. The molecular formula is C28H44N2O4. The molecule has 1 aromatic carbocycles. The standard InChI is InChI=1S/C28H44N2O4/c1-18(2)22-14-13-19(3)17-23(22)25(31)16-15-24(21-11-9-8-10-12-21)30-26(32)20(4)29-27(33)34-28(5,6)7/h8-12,18-20,22-24H,13-17H2,1-7H3,(H,29,33)(H,30,32)/t19-,20-,22+,23-,24-/m1/s1. The van der Waals surface area contributed by atoms with E-state index in [0.29, 0.717) is 36.4 Å². The Kier molecular flexibility index (Phi) is 10.1. The third kappa shape index (κ3) is 8.77. The fourth-order valence-corrected chi connectivity index (χ4v) is 4.90. The van der Waals surface area contributed by atoms with Crippen LogP contribution in [0.25, 0.3) is 0 Å². The molecule has 2 N–H and O–H groups in total. The molecule has 0 heterocycles. The maximum absolute atomic E-state index is 13.3. The molecule has 0 bridgehead atoms. The van der Waals surface area contributed by atoms with E-state index < -0.39 is 17.7 Å². The number of carbonyl (C=O) groups excluding carboxylic acids is 3. The first-order chi connectivity index (χ1) is 15.9. The summed E-state index contributed by atoms with van der Waals surface area (Å²) >= 11 is 0. The number of hydrogen-bond acceptors (Lipinski definition) is 4. The van der Waals surface area contributed by atoms with Crippen LogP contribution in [-0.4, -0.2) is 29.4 Å². The number of alkyl carbamates (subject to hydrolysis) is 1. The predicted molar refractivity (Wildman–Crippen MR) is 135 cm³/mol. The van der Waals surface area contributed by atoms with Gasteiger partial charge in [0.2, 0.25) is 5.91 Å². The molecule has 5 atom stereocenters. The largest absolute Gasteiger partial charge is 0.444 e. The van der Waals surface area contributed by atoms with Crippen molar-refractivity contribution in [3.8, 4) is 0 Å². The SMILES string of the molecule is CC(C)[C@@H]1CC[C@@H](C)C[C@H]1C(=O)CC[C@@H](NC(=O)[C@@H](C)NC(=O)OC(C)(C)C)c1ccccc1.